The van der Waals surface area contributed by atoms with E-state index in [-0.39, 0.29) is 6.54 Å². The number of carboxylic acids is 1. The van der Waals surface area contributed by atoms with Gasteiger partial charge in [0.2, 0.25) is 5.91 Å². The van der Waals surface area contributed by atoms with Gasteiger partial charge in [-0.3, -0.25) is 10.1 Å². The molecule has 3 N–H and O–H groups in total. The quantitative estimate of drug-likeness (QED) is 0.619. The SMILES string of the molecule is CNC(C(=O)O)C(=O)NCc1cccc(OC)c1. The summed E-state index contributed by atoms with van der Waals surface area (Å²) in [6, 6.07) is 5.94. The van der Waals surface area contributed by atoms with Crippen LogP contribution in [0.2, 0.25) is 0 Å². The van der Waals surface area contributed by atoms with E-state index in [4.69, 9.17) is 9.84 Å². The lowest BCUT2D eigenvalue weighted by Gasteiger charge is -2.12. The molecule has 0 radical (unpaired) electrons. The third kappa shape index (κ3) is 3.74. The van der Waals surface area contributed by atoms with Crippen molar-refractivity contribution in [1.29, 1.82) is 0 Å². The van der Waals surface area contributed by atoms with Gasteiger partial charge in [0.15, 0.2) is 6.04 Å². The Hall–Kier alpha value is -2.08. The van der Waals surface area contributed by atoms with Gasteiger partial charge in [0, 0.05) is 6.54 Å². The average Bonchev–Trinajstić information content (AvgIpc) is 2.37. The zero-order chi connectivity index (χ0) is 13.5. The second-order valence-electron chi connectivity index (χ2n) is 3.63. The smallest absolute Gasteiger partial charge is 0.330 e. The first-order valence-electron chi connectivity index (χ1n) is 5.39. The van der Waals surface area contributed by atoms with Crippen molar-refractivity contribution in [2.45, 2.75) is 12.6 Å². The van der Waals surface area contributed by atoms with Crippen LogP contribution in [-0.4, -0.2) is 37.2 Å². The highest BCUT2D eigenvalue weighted by atomic mass is 16.5. The number of ether oxygens (including phenoxy) is 1. The van der Waals surface area contributed by atoms with Crippen molar-refractivity contribution in [1.82, 2.24) is 10.6 Å². The monoisotopic (exact) mass is 252 g/mol. The molecule has 0 aliphatic heterocycles. The van der Waals surface area contributed by atoms with Gasteiger partial charge in [-0.1, -0.05) is 12.1 Å². The summed E-state index contributed by atoms with van der Waals surface area (Å²) in [6.45, 7) is 0.251. The molecule has 0 aliphatic rings. The van der Waals surface area contributed by atoms with E-state index in [9.17, 15) is 9.59 Å². The number of carbonyl (C=O) groups is 2. The second kappa shape index (κ2) is 6.61. The van der Waals surface area contributed by atoms with Crippen LogP contribution in [0.15, 0.2) is 24.3 Å². The summed E-state index contributed by atoms with van der Waals surface area (Å²) in [5.74, 6) is -1.10. The number of methoxy groups -OCH3 is 1. The first kappa shape index (κ1) is 14.0. The molecule has 6 nitrogen and oxygen atoms in total. The molecule has 98 valence electrons. The molecule has 6 heteroatoms. The van der Waals surface area contributed by atoms with Crippen LogP contribution >= 0.6 is 0 Å². The summed E-state index contributed by atoms with van der Waals surface area (Å²) in [5, 5.41) is 13.7. The number of aliphatic carboxylic acids is 1. The van der Waals surface area contributed by atoms with E-state index in [0.29, 0.717) is 5.75 Å². The second-order valence-corrected chi connectivity index (χ2v) is 3.63. The number of amides is 1. The highest BCUT2D eigenvalue weighted by Gasteiger charge is 2.23. The summed E-state index contributed by atoms with van der Waals surface area (Å²) in [4.78, 5) is 22.3. The molecule has 1 rings (SSSR count). The molecular formula is C12H16N2O4. The Labute approximate surface area is 105 Å². The van der Waals surface area contributed by atoms with Gasteiger partial charge < -0.3 is 15.2 Å². The molecule has 18 heavy (non-hydrogen) atoms. The standard InChI is InChI=1S/C12H16N2O4/c1-13-10(12(16)17)11(15)14-7-8-4-3-5-9(6-8)18-2/h3-6,10,13H,7H2,1-2H3,(H,14,15)(H,16,17). The third-order valence-electron chi connectivity index (χ3n) is 2.40. The number of likely N-dealkylation sites (N-methyl/N-ethyl adjacent to an activating group) is 1. The van der Waals surface area contributed by atoms with Gasteiger partial charge in [-0.05, 0) is 24.7 Å². The molecule has 1 amide bonds. The first-order valence-corrected chi connectivity index (χ1v) is 5.39. The van der Waals surface area contributed by atoms with Crippen LogP contribution in [0.25, 0.3) is 0 Å². The van der Waals surface area contributed by atoms with E-state index in [0.717, 1.165) is 5.56 Å². The number of benzene rings is 1. The molecule has 0 spiro atoms. The van der Waals surface area contributed by atoms with Gasteiger partial charge >= 0.3 is 5.97 Å². The summed E-state index contributed by atoms with van der Waals surface area (Å²) in [7, 11) is 2.98. The number of hydrogen-bond donors (Lipinski definition) is 3. The molecule has 0 heterocycles. The van der Waals surface area contributed by atoms with Crippen LogP contribution in [-0.2, 0) is 16.1 Å². The lowest BCUT2D eigenvalue weighted by atomic mass is 10.2. The van der Waals surface area contributed by atoms with Crippen molar-refractivity contribution in [2.24, 2.45) is 0 Å². The highest BCUT2D eigenvalue weighted by Crippen LogP contribution is 2.12. The Morgan fingerprint density at radius 1 is 1.44 bits per heavy atom. The molecule has 1 unspecified atom stereocenters. The fourth-order valence-corrected chi connectivity index (χ4v) is 1.44. The van der Waals surface area contributed by atoms with Crippen molar-refractivity contribution in [3.8, 4) is 5.75 Å². The largest absolute Gasteiger partial charge is 0.497 e. The highest BCUT2D eigenvalue weighted by molar-refractivity contribution is 6.01. The Morgan fingerprint density at radius 2 is 2.17 bits per heavy atom. The third-order valence-corrected chi connectivity index (χ3v) is 2.40. The molecule has 1 aromatic rings. The average molecular weight is 252 g/mol. The minimum absolute atomic E-state index is 0.251. The predicted molar refractivity (Wildman–Crippen MR) is 65.3 cm³/mol. The molecular weight excluding hydrogens is 236 g/mol. The van der Waals surface area contributed by atoms with Gasteiger partial charge in [0.1, 0.15) is 5.75 Å². The van der Waals surface area contributed by atoms with Crippen LogP contribution in [0, 0.1) is 0 Å². The Kier molecular flexibility index (Phi) is 5.13. The maximum atomic E-state index is 11.6. The van der Waals surface area contributed by atoms with Crippen molar-refractivity contribution < 1.29 is 19.4 Å². The predicted octanol–water partition coefficient (Wildman–Crippen LogP) is -0.0160. The zero-order valence-electron chi connectivity index (χ0n) is 10.3. The number of nitrogens with one attached hydrogen (secondary N) is 2. The topological polar surface area (TPSA) is 87.7 Å². The number of rotatable bonds is 6. The summed E-state index contributed by atoms with van der Waals surface area (Å²) in [5.41, 5.74) is 0.836. The van der Waals surface area contributed by atoms with Crippen molar-refractivity contribution >= 4 is 11.9 Å². The molecule has 0 fully saturated rings. The molecule has 1 atom stereocenters. The lowest BCUT2D eigenvalue weighted by molar-refractivity contribution is -0.143. The van der Waals surface area contributed by atoms with Crippen LogP contribution in [0.1, 0.15) is 5.56 Å². The first-order chi connectivity index (χ1) is 8.58. The van der Waals surface area contributed by atoms with E-state index < -0.39 is 17.9 Å². The van der Waals surface area contributed by atoms with E-state index >= 15 is 0 Å². The molecule has 1 aromatic carbocycles. The molecule has 0 saturated heterocycles. The summed E-state index contributed by atoms with van der Waals surface area (Å²) < 4.78 is 5.05. The number of carbonyl (C=O) groups excluding carboxylic acids is 1. The van der Waals surface area contributed by atoms with Gasteiger partial charge in [0.05, 0.1) is 7.11 Å². The summed E-state index contributed by atoms with van der Waals surface area (Å²) in [6.07, 6.45) is 0. The van der Waals surface area contributed by atoms with Crippen LogP contribution < -0.4 is 15.4 Å². The van der Waals surface area contributed by atoms with E-state index in [1.165, 1.54) is 7.05 Å². The van der Waals surface area contributed by atoms with E-state index in [1.807, 2.05) is 6.07 Å². The van der Waals surface area contributed by atoms with Crippen LogP contribution in [0.4, 0.5) is 0 Å². The maximum absolute atomic E-state index is 11.6. The van der Waals surface area contributed by atoms with Crippen molar-refractivity contribution in [3.05, 3.63) is 29.8 Å². The van der Waals surface area contributed by atoms with Gasteiger partial charge in [-0.25, -0.2) is 4.79 Å². The fourth-order valence-electron chi connectivity index (χ4n) is 1.44. The Bertz CT molecular complexity index is 434. The number of hydrogen-bond acceptors (Lipinski definition) is 4. The molecule has 0 aliphatic carbocycles. The van der Waals surface area contributed by atoms with Gasteiger partial charge in [0.25, 0.3) is 0 Å². The van der Waals surface area contributed by atoms with E-state index in [2.05, 4.69) is 10.6 Å². The molecule has 0 aromatic heterocycles. The Morgan fingerprint density at radius 3 is 2.72 bits per heavy atom. The van der Waals surface area contributed by atoms with Crippen LogP contribution in [0.3, 0.4) is 0 Å². The fraction of sp³-hybridized carbons (Fsp3) is 0.333. The summed E-state index contributed by atoms with van der Waals surface area (Å²) >= 11 is 0. The zero-order valence-corrected chi connectivity index (χ0v) is 10.3. The van der Waals surface area contributed by atoms with Gasteiger partial charge in [-0.15, -0.1) is 0 Å². The lowest BCUT2D eigenvalue weighted by Crippen LogP contribution is -2.47. The van der Waals surface area contributed by atoms with Crippen LogP contribution in [0.5, 0.6) is 5.75 Å². The van der Waals surface area contributed by atoms with Gasteiger partial charge in [-0.2, -0.15) is 0 Å². The molecule has 0 saturated carbocycles. The van der Waals surface area contributed by atoms with E-state index in [1.54, 1.807) is 25.3 Å². The normalized spacial score (nSPS) is 11.7. The molecule has 0 bridgehead atoms. The van der Waals surface area contributed by atoms with Crippen molar-refractivity contribution in [3.63, 3.8) is 0 Å². The Balaban J connectivity index is 2.59. The minimum Gasteiger partial charge on any atom is -0.497 e. The maximum Gasteiger partial charge on any atom is 0.330 e. The van der Waals surface area contributed by atoms with Crippen molar-refractivity contribution in [2.75, 3.05) is 14.2 Å². The minimum atomic E-state index is -1.24. The number of carboxylic acid groups (broad SMARTS) is 1.